The summed E-state index contributed by atoms with van der Waals surface area (Å²) >= 11 is 0. The quantitative estimate of drug-likeness (QED) is 0.666. The summed E-state index contributed by atoms with van der Waals surface area (Å²) in [6.45, 7) is 1.91. The van der Waals surface area contributed by atoms with E-state index < -0.39 is 0 Å². The molecule has 2 rings (SSSR count). The van der Waals surface area contributed by atoms with Gasteiger partial charge in [0.2, 0.25) is 0 Å². The van der Waals surface area contributed by atoms with Crippen molar-refractivity contribution in [2.75, 3.05) is 6.61 Å². The van der Waals surface area contributed by atoms with Crippen molar-refractivity contribution in [2.45, 2.75) is 6.92 Å². The number of hydrogen-bond acceptors (Lipinski definition) is 4. The third-order valence-corrected chi connectivity index (χ3v) is 2.48. The molecule has 5 heteroatoms. The van der Waals surface area contributed by atoms with E-state index in [-0.39, 0.29) is 12.5 Å². The Hall–Kier alpha value is -2.69. The molecule has 0 aliphatic heterocycles. The van der Waals surface area contributed by atoms with Gasteiger partial charge < -0.3 is 4.74 Å². The number of aryl methyl sites for hydroxylation is 1. The lowest BCUT2D eigenvalue weighted by atomic mass is 10.2. The van der Waals surface area contributed by atoms with E-state index in [0.29, 0.717) is 5.75 Å². The van der Waals surface area contributed by atoms with Gasteiger partial charge in [-0.1, -0.05) is 23.8 Å². The highest BCUT2D eigenvalue weighted by atomic mass is 16.5. The van der Waals surface area contributed by atoms with E-state index >= 15 is 0 Å². The first kappa shape index (κ1) is 13.7. The van der Waals surface area contributed by atoms with Crippen molar-refractivity contribution in [3.8, 4) is 5.75 Å². The van der Waals surface area contributed by atoms with Crippen LogP contribution in [0.15, 0.2) is 53.9 Å². The van der Waals surface area contributed by atoms with Crippen LogP contribution in [0.4, 0.5) is 0 Å². The number of aromatic nitrogens is 1. The van der Waals surface area contributed by atoms with Gasteiger partial charge >= 0.3 is 0 Å². The molecule has 0 spiro atoms. The molecule has 0 unspecified atom stereocenters. The molecule has 1 N–H and O–H groups in total. The van der Waals surface area contributed by atoms with Crippen molar-refractivity contribution in [1.29, 1.82) is 0 Å². The number of hydrazone groups is 1. The predicted octanol–water partition coefficient (Wildman–Crippen LogP) is 1.92. The molecule has 1 amide bonds. The van der Waals surface area contributed by atoms with Gasteiger partial charge in [-0.2, -0.15) is 5.10 Å². The van der Waals surface area contributed by atoms with E-state index in [1.165, 1.54) is 6.21 Å². The Morgan fingerprint density at radius 1 is 1.35 bits per heavy atom. The largest absolute Gasteiger partial charge is 0.484 e. The number of rotatable bonds is 5. The first-order valence-corrected chi connectivity index (χ1v) is 6.15. The summed E-state index contributed by atoms with van der Waals surface area (Å²) in [4.78, 5) is 15.4. The second kappa shape index (κ2) is 7.04. The Morgan fingerprint density at radius 3 is 2.85 bits per heavy atom. The molecule has 0 atom stereocenters. The van der Waals surface area contributed by atoms with Gasteiger partial charge in [0.05, 0.1) is 6.21 Å². The molecule has 0 fully saturated rings. The topological polar surface area (TPSA) is 63.6 Å². The third-order valence-electron chi connectivity index (χ3n) is 2.48. The number of carbonyl (C=O) groups excluding carboxylic acids is 1. The maximum absolute atomic E-state index is 11.5. The van der Waals surface area contributed by atoms with Gasteiger partial charge in [-0.25, -0.2) is 5.43 Å². The van der Waals surface area contributed by atoms with Crippen molar-refractivity contribution in [1.82, 2.24) is 10.4 Å². The number of hydrogen-bond donors (Lipinski definition) is 1. The summed E-state index contributed by atoms with van der Waals surface area (Å²) in [6, 6.07) is 11.1. The van der Waals surface area contributed by atoms with Crippen LogP contribution in [-0.2, 0) is 4.79 Å². The number of amides is 1. The predicted molar refractivity (Wildman–Crippen MR) is 76.6 cm³/mol. The lowest BCUT2D eigenvalue weighted by Gasteiger charge is -2.04. The molecule has 0 radical (unpaired) electrons. The standard InChI is InChI=1S/C15H15N3O2/c1-12-4-6-14(7-5-12)20-11-15(19)18-17-10-13-3-2-8-16-9-13/h2-10H,11H2,1H3,(H,18,19)/b17-10-. The van der Waals surface area contributed by atoms with Gasteiger partial charge in [-0.05, 0) is 25.1 Å². The lowest BCUT2D eigenvalue weighted by Crippen LogP contribution is -2.24. The Morgan fingerprint density at radius 2 is 2.15 bits per heavy atom. The third kappa shape index (κ3) is 4.53. The highest BCUT2D eigenvalue weighted by Gasteiger charge is 2.00. The number of pyridine rings is 1. The van der Waals surface area contributed by atoms with E-state index in [9.17, 15) is 4.79 Å². The molecular formula is C15H15N3O2. The molecule has 0 bridgehead atoms. The molecule has 0 saturated carbocycles. The normalized spacial score (nSPS) is 10.4. The van der Waals surface area contributed by atoms with Crippen LogP contribution in [0.1, 0.15) is 11.1 Å². The Bertz CT molecular complexity index is 580. The maximum Gasteiger partial charge on any atom is 0.277 e. The highest BCUT2D eigenvalue weighted by Crippen LogP contribution is 2.10. The van der Waals surface area contributed by atoms with Crippen molar-refractivity contribution in [3.05, 3.63) is 59.9 Å². The smallest absolute Gasteiger partial charge is 0.277 e. The van der Waals surface area contributed by atoms with E-state index in [2.05, 4.69) is 15.5 Å². The van der Waals surface area contributed by atoms with Crippen molar-refractivity contribution in [3.63, 3.8) is 0 Å². The summed E-state index contributed by atoms with van der Waals surface area (Å²) in [7, 11) is 0. The van der Waals surface area contributed by atoms with Gasteiger partial charge in [0, 0.05) is 18.0 Å². The number of ether oxygens (including phenoxy) is 1. The van der Waals surface area contributed by atoms with Crippen LogP contribution in [-0.4, -0.2) is 23.7 Å². The molecule has 20 heavy (non-hydrogen) atoms. The Balaban J connectivity index is 1.76. The fraction of sp³-hybridized carbons (Fsp3) is 0.133. The fourth-order valence-corrected chi connectivity index (χ4v) is 1.45. The highest BCUT2D eigenvalue weighted by molar-refractivity contribution is 5.82. The zero-order chi connectivity index (χ0) is 14.2. The molecular weight excluding hydrogens is 254 g/mol. The Labute approximate surface area is 117 Å². The van der Waals surface area contributed by atoms with Crippen LogP contribution in [0.3, 0.4) is 0 Å². The minimum Gasteiger partial charge on any atom is -0.484 e. The second-order valence-electron chi connectivity index (χ2n) is 4.18. The zero-order valence-electron chi connectivity index (χ0n) is 11.1. The van der Waals surface area contributed by atoms with Crippen molar-refractivity contribution < 1.29 is 9.53 Å². The van der Waals surface area contributed by atoms with Crippen LogP contribution < -0.4 is 10.2 Å². The van der Waals surface area contributed by atoms with Gasteiger partial charge in [0.15, 0.2) is 6.61 Å². The van der Waals surface area contributed by atoms with E-state index in [0.717, 1.165) is 11.1 Å². The average molecular weight is 269 g/mol. The van der Waals surface area contributed by atoms with Crippen molar-refractivity contribution in [2.24, 2.45) is 5.10 Å². The molecule has 2 aromatic rings. The first-order valence-electron chi connectivity index (χ1n) is 6.15. The van der Waals surface area contributed by atoms with E-state index in [1.807, 2.05) is 37.3 Å². The summed E-state index contributed by atoms with van der Waals surface area (Å²) in [5.41, 5.74) is 4.34. The van der Waals surface area contributed by atoms with Crippen LogP contribution in [0, 0.1) is 6.92 Å². The maximum atomic E-state index is 11.5. The van der Waals surface area contributed by atoms with Crippen LogP contribution in [0.2, 0.25) is 0 Å². The molecule has 0 aliphatic carbocycles. The summed E-state index contributed by atoms with van der Waals surface area (Å²) in [6.07, 6.45) is 4.85. The second-order valence-corrected chi connectivity index (χ2v) is 4.18. The molecule has 0 saturated heterocycles. The number of benzene rings is 1. The van der Waals surface area contributed by atoms with Crippen LogP contribution >= 0.6 is 0 Å². The molecule has 1 aromatic carbocycles. The zero-order valence-corrected chi connectivity index (χ0v) is 11.1. The van der Waals surface area contributed by atoms with Gasteiger partial charge in [0.25, 0.3) is 5.91 Å². The SMILES string of the molecule is Cc1ccc(OCC(=O)N/N=C\c2cccnc2)cc1. The Kier molecular flexibility index (Phi) is 4.83. The summed E-state index contributed by atoms with van der Waals surface area (Å²) < 4.78 is 5.33. The lowest BCUT2D eigenvalue weighted by molar-refractivity contribution is -0.123. The van der Waals surface area contributed by atoms with Crippen LogP contribution in [0.25, 0.3) is 0 Å². The number of carbonyl (C=O) groups is 1. The number of nitrogens with one attached hydrogen (secondary N) is 1. The molecule has 1 heterocycles. The minimum absolute atomic E-state index is 0.0760. The fourth-order valence-electron chi connectivity index (χ4n) is 1.45. The number of nitrogens with zero attached hydrogens (tertiary/aromatic N) is 2. The molecule has 102 valence electrons. The summed E-state index contributed by atoms with van der Waals surface area (Å²) in [5.74, 6) is 0.340. The minimum atomic E-state index is -0.314. The first-order chi connectivity index (χ1) is 9.74. The van der Waals surface area contributed by atoms with Gasteiger partial charge in [0.1, 0.15) is 5.75 Å². The average Bonchev–Trinajstić information content (AvgIpc) is 2.48. The monoisotopic (exact) mass is 269 g/mol. The molecule has 5 nitrogen and oxygen atoms in total. The summed E-state index contributed by atoms with van der Waals surface area (Å²) in [5, 5.41) is 3.82. The van der Waals surface area contributed by atoms with Gasteiger partial charge in [-0.15, -0.1) is 0 Å². The van der Waals surface area contributed by atoms with E-state index in [4.69, 9.17) is 4.74 Å². The molecule has 0 aliphatic rings. The van der Waals surface area contributed by atoms with Gasteiger partial charge in [-0.3, -0.25) is 9.78 Å². The van der Waals surface area contributed by atoms with E-state index in [1.54, 1.807) is 18.5 Å². The van der Waals surface area contributed by atoms with Crippen LogP contribution in [0.5, 0.6) is 5.75 Å². The van der Waals surface area contributed by atoms with Crippen molar-refractivity contribution >= 4 is 12.1 Å². The molecule has 1 aromatic heterocycles.